The smallest absolute Gasteiger partial charge is 0.127 e. The molecule has 0 saturated carbocycles. The molecule has 3 rings (SSSR count). The van der Waals surface area contributed by atoms with Gasteiger partial charge < -0.3 is 10.1 Å². The van der Waals surface area contributed by atoms with Gasteiger partial charge in [0.05, 0.1) is 12.6 Å². The topological polar surface area (TPSA) is 21.3 Å². The molecule has 1 heterocycles. The van der Waals surface area contributed by atoms with E-state index in [-0.39, 0.29) is 6.04 Å². The van der Waals surface area contributed by atoms with E-state index in [9.17, 15) is 0 Å². The van der Waals surface area contributed by atoms with E-state index < -0.39 is 0 Å². The highest BCUT2D eigenvalue weighted by molar-refractivity contribution is 6.35. The zero-order chi connectivity index (χ0) is 14.1. The lowest BCUT2D eigenvalue weighted by molar-refractivity contribution is 0.351. The number of ether oxygens (including phenoxy) is 1. The van der Waals surface area contributed by atoms with Crippen LogP contribution in [-0.4, -0.2) is 13.7 Å². The lowest BCUT2D eigenvalue weighted by atomic mass is 9.96. The van der Waals surface area contributed by atoms with Crippen LogP contribution in [0.5, 0.6) is 5.75 Å². The molecule has 0 aliphatic carbocycles. The van der Waals surface area contributed by atoms with E-state index in [1.54, 1.807) is 6.07 Å². The molecule has 0 aromatic heterocycles. The van der Waals surface area contributed by atoms with Crippen molar-refractivity contribution in [3.05, 3.63) is 63.1 Å². The van der Waals surface area contributed by atoms with Crippen LogP contribution in [0, 0.1) is 0 Å². The molecule has 2 nitrogen and oxygen atoms in total. The van der Waals surface area contributed by atoms with Gasteiger partial charge in [-0.1, -0.05) is 47.5 Å². The Kier molecular flexibility index (Phi) is 3.88. The second kappa shape index (κ2) is 5.65. The molecule has 4 heteroatoms. The molecule has 1 aliphatic heterocycles. The van der Waals surface area contributed by atoms with E-state index in [1.165, 1.54) is 5.56 Å². The summed E-state index contributed by atoms with van der Waals surface area (Å²) in [4.78, 5) is 0. The lowest BCUT2D eigenvalue weighted by Crippen LogP contribution is -2.18. The van der Waals surface area contributed by atoms with Crippen molar-refractivity contribution < 1.29 is 4.74 Å². The molecule has 0 saturated heterocycles. The average molecular weight is 308 g/mol. The zero-order valence-corrected chi connectivity index (χ0v) is 12.6. The highest BCUT2D eigenvalue weighted by Crippen LogP contribution is 2.38. The van der Waals surface area contributed by atoms with Gasteiger partial charge in [0.15, 0.2) is 0 Å². The molecule has 1 aliphatic rings. The fourth-order valence-corrected chi connectivity index (χ4v) is 3.20. The lowest BCUT2D eigenvalue weighted by Gasteiger charge is -2.21. The summed E-state index contributed by atoms with van der Waals surface area (Å²) in [5.41, 5.74) is 3.38. The maximum Gasteiger partial charge on any atom is 0.127 e. The second-order valence-electron chi connectivity index (χ2n) is 4.82. The predicted molar refractivity (Wildman–Crippen MR) is 83.0 cm³/mol. The van der Waals surface area contributed by atoms with E-state index in [0.29, 0.717) is 10.0 Å². The number of hydrogen-bond donors (Lipinski definition) is 1. The number of rotatable bonds is 3. The molecule has 0 bridgehead atoms. The second-order valence-corrected chi connectivity index (χ2v) is 5.67. The first kappa shape index (κ1) is 13.7. The quantitative estimate of drug-likeness (QED) is 0.916. The minimum Gasteiger partial charge on any atom is -0.493 e. The van der Waals surface area contributed by atoms with Gasteiger partial charge >= 0.3 is 0 Å². The molecule has 1 unspecified atom stereocenters. The third-order valence-corrected chi connectivity index (χ3v) is 4.18. The molecule has 1 atom stereocenters. The van der Waals surface area contributed by atoms with Crippen molar-refractivity contribution in [1.82, 2.24) is 5.32 Å². The third-order valence-electron chi connectivity index (χ3n) is 3.62. The Hall–Kier alpha value is -1.22. The van der Waals surface area contributed by atoms with Gasteiger partial charge in [0.2, 0.25) is 0 Å². The van der Waals surface area contributed by atoms with Gasteiger partial charge in [-0.2, -0.15) is 0 Å². The molecule has 2 aromatic carbocycles. The van der Waals surface area contributed by atoms with Crippen LogP contribution in [0.15, 0.2) is 36.4 Å². The summed E-state index contributed by atoms with van der Waals surface area (Å²) in [5, 5.41) is 4.62. The number of hydrogen-bond acceptors (Lipinski definition) is 2. The number of nitrogens with one attached hydrogen (secondary N) is 1. The highest BCUT2D eigenvalue weighted by Gasteiger charge is 2.23. The number of benzene rings is 2. The van der Waals surface area contributed by atoms with Crippen molar-refractivity contribution in [1.29, 1.82) is 0 Å². The van der Waals surface area contributed by atoms with E-state index >= 15 is 0 Å². The number of para-hydroxylation sites is 1. The molecule has 104 valence electrons. The number of fused-ring (bicyclic) bond motifs is 1. The Balaban J connectivity index is 2.09. The van der Waals surface area contributed by atoms with Gasteiger partial charge in [-0.15, -0.1) is 0 Å². The molecular formula is C16H15Cl2NO. The average Bonchev–Trinajstić information content (AvgIpc) is 2.91. The summed E-state index contributed by atoms with van der Waals surface area (Å²) in [6, 6.07) is 11.8. The molecular weight excluding hydrogens is 293 g/mol. The summed E-state index contributed by atoms with van der Waals surface area (Å²) < 4.78 is 5.79. The Labute approximate surface area is 128 Å². The minimum atomic E-state index is -0.00665. The van der Waals surface area contributed by atoms with E-state index in [1.807, 2.05) is 19.2 Å². The number of halogens is 2. The first-order chi connectivity index (χ1) is 9.70. The van der Waals surface area contributed by atoms with Crippen molar-refractivity contribution in [3.8, 4) is 5.75 Å². The first-order valence-corrected chi connectivity index (χ1v) is 7.33. The SMILES string of the molecule is CNC(c1ccc(Cl)cc1Cl)c1cccc2c1OCC2. The van der Waals surface area contributed by atoms with Gasteiger partial charge in [-0.05, 0) is 30.3 Å². The minimum absolute atomic E-state index is 0.00665. The normalized spacial score (nSPS) is 14.8. The van der Waals surface area contributed by atoms with Crippen LogP contribution in [0.3, 0.4) is 0 Å². The van der Waals surface area contributed by atoms with Crippen LogP contribution in [0.4, 0.5) is 0 Å². The Morgan fingerprint density at radius 1 is 1.15 bits per heavy atom. The fraction of sp³-hybridized carbons (Fsp3) is 0.250. The molecule has 0 amide bonds. The summed E-state index contributed by atoms with van der Waals surface area (Å²) >= 11 is 12.3. The van der Waals surface area contributed by atoms with E-state index in [4.69, 9.17) is 27.9 Å². The molecule has 20 heavy (non-hydrogen) atoms. The molecule has 1 N–H and O–H groups in total. The highest BCUT2D eigenvalue weighted by atomic mass is 35.5. The van der Waals surface area contributed by atoms with Gasteiger partial charge in [0.1, 0.15) is 5.75 Å². The van der Waals surface area contributed by atoms with Gasteiger partial charge in [0, 0.05) is 22.0 Å². The van der Waals surface area contributed by atoms with Crippen molar-refractivity contribution in [2.75, 3.05) is 13.7 Å². The third kappa shape index (κ3) is 2.39. The fourth-order valence-electron chi connectivity index (χ4n) is 2.68. The van der Waals surface area contributed by atoms with Crippen LogP contribution in [-0.2, 0) is 6.42 Å². The van der Waals surface area contributed by atoms with Crippen LogP contribution in [0.1, 0.15) is 22.7 Å². The van der Waals surface area contributed by atoms with Crippen LogP contribution < -0.4 is 10.1 Å². The molecule has 0 radical (unpaired) electrons. The maximum absolute atomic E-state index is 6.34. The van der Waals surface area contributed by atoms with Crippen molar-refractivity contribution in [3.63, 3.8) is 0 Å². The maximum atomic E-state index is 6.34. The van der Waals surface area contributed by atoms with Crippen LogP contribution >= 0.6 is 23.2 Å². The zero-order valence-electron chi connectivity index (χ0n) is 11.1. The Morgan fingerprint density at radius 2 is 2.00 bits per heavy atom. The summed E-state index contributed by atoms with van der Waals surface area (Å²) in [6.45, 7) is 0.747. The Bertz CT molecular complexity index is 642. The van der Waals surface area contributed by atoms with Crippen molar-refractivity contribution in [2.45, 2.75) is 12.5 Å². The van der Waals surface area contributed by atoms with Crippen LogP contribution in [0.25, 0.3) is 0 Å². The predicted octanol–water partition coefficient (Wildman–Crippen LogP) is 4.24. The first-order valence-electron chi connectivity index (χ1n) is 6.57. The van der Waals surface area contributed by atoms with Crippen molar-refractivity contribution in [2.24, 2.45) is 0 Å². The molecule has 2 aromatic rings. The Morgan fingerprint density at radius 3 is 2.75 bits per heavy atom. The standard InChI is InChI=1S/C16H15Cl2NO/c1-19-15(12-6-5-11(17)9-14(12)18)13-4-2-3-10-7-8-20-16(10)13/h2-6,9,15,19H,7-8H2,1H3. The summed E-state index contributed by atoms with van der Waals surface area (Å²) in [7, 11) is 1.92. The van der Waals surface area contributed by atoms with Crippen molar-refractivity contribution >= 4 is 23.2 Å². The summed E-state index contributed by atoms with van der Waals surface area (Å²) in [5.74, 6) is 0.984. The van der Waals surface area contributed by atoms with Gasteiger partial charge in [0.25, 0.3) is 0 Å². The van der Waals surface area contributed by atoms with E-state index in [2.05, 4.69) is 23.5 Å². The van der Waals surface area contributed by atoms with Crippen LogP contribution in [0.2, 0.25) is 10.0 Å². The van der Waals surface area contributed by atoms with Gasteiger partial charge in [-0.25, -0.2) is 0 Å². The summed E-state index contributed by atoms with van der Waals surface area (Å²) in [6.07, 6.45) is 0.966. The van der Waals surface area contributed by atoms with Gasteiger partial charge in [-0.3, -0.25) is 0 Å². The largest absolute Gasteiger partial charge is 0.493 e. The molecule has 0 fully saturated rings. The van der Waals surface area contributed by atoms with E-state index in [0.717, 1.165) is 29.9 Å². The monoisotopic (exact) mass is 307 g/mol. The molecule has 0 spiro atoms.